The molecule has 138 valence electrons. The van der Waals surface area contributed by atoms with Crippen molar-refractivity contribution < 1.29 is 8.23 Å². The van der Waals surface area contributed by atoms with Crippen molar-refractivity contribution in [2.24, 2.45) is 0 Å². The van der Waals surface area contributed by atoms with Gasteiger partial charge in [-0.05, 0) is 71.9 Å². The maximum Gasteiger partial charge on any atom is 0.310 e. The van der Waals surface area contributed by atoms with Crippen LogP contribution in [-0.4, -0.2) is 51.5 Å². The molecule has 22 heavy (non-hydrogen) atoms. The molecule has 0 saturated carbocycles. The Labute approximate surface area is 145 Å². The van der Waals surface area contributed by atoms with E-state index in [1.807, 2.05) is 0 Å². The van der Waals surface area contributed by atoms with E-state index in [1.165, 1.54) is 37.9 Å². The van der Waals surface area contributed by atoms with Crippen molar-refractivity contribution >= 4 is 25.9 Å². The minimum atomic E-state index is -1.92. The molecule has 6 heteroatoms. The summed E-state index contributed by atoms with van der Waals surface area (Å²) in [6.07, 6.45) is 3.82. The Morgan fingerprint density at radius 3 is 1.86 bits per heavy atom. The van der Waals surface area contributed by atoms with Crippen LogP contribution >= 0.6 is 0 Å². The molecule has 0 aromatic rings. The highest BCUT2D eigenvalue weighted by atomic mass is 28.5. The van der Waals surface area contributed by atoms with Gasteiger partial charge in [0.1, 0.15) is 0 Å². The SMILES string of the molecule is C.C.CCCC[Si](C)(CCCN(C)C)O[Si](C)(C)O[SiH](C)C. The highest BCUT2D eigenvalue weighted by Crippen LogP contribution is 2.27. The molecule has 1 atom stereocenters. The van der Waals surface area contributed by atoms with Gasteiger partial charge in [0.2, 0.25) is 0 Å². The van der Waals surface area contributed by atoms with Crippen LogP contribution in [0.5, 0.6) is 0 Å². The molecule has 1 unspecified atom stereocenters. The smallest absolute Gasteiger partial charge is 0.310 e. The van der Waals surface area contributed by atoms with Gasteiger partial charge in [-0.2, -0.15) is 0 Å². The molecule has 0 fully saturated rings. The fourth-order valence-corrected chi connectivity index (χ4v) is 15.7. The molecule has 3 nitrogen and oxygen atoms in total. The summed E-state index contributed by atoms with van der Waals surface area (Å²) < 4.78 is 12.9. The Kier molecular flexibility index (Phi) is 16.0. The van der Waals surface area contributed by atoms with Gasteiger partial charge in [0.25, 0.3) is 0 Å². The molecule has 0 aliphatic heterocycles. The third kappa shape index (κ3) is 14.1. The molecule has 0 aliphatic rings. The topological polar surface area (TPSA) is 21.7 Å². The van der Waals surface area contributed by atoms with E-state index in [2.05, 4.69) is 58.7 Å². The molecule has 0 heterocycles. The molecular formula is C16H45NO2Si3. The van der Waals surface area contributed by atoms with Crippen molar-refractivity contribution in [1.82, 2.24) is 4.90 Å². The van der Waals surface area contributed by atoms with Gasteiger partial charge in [0, 0.05) is 0 Å². The average molecular weight is 368 g/mol. The van der Waals surface area contributed by atoms with E-state index < -0.39 is 25.9 Å². The van der Waals surface area contributed by atoms with Crippen molar-refractivity contribution in [3.63, 3.8) is 0 Å². The third-order valence-electron chi connectivity index (χ3n) is 3.38. The number of unbranched alkanes of at least 4 members (excludes halogenated alkanes) is 1. The summed E-state index contributed by atoms with van der Waals surface area (Å²) in [6, 6.07) is 2.56. The first-order valence-corrected chi connectivity index (χ1v) is 16.5. The van der Waals surface area contributed by atoms with Crippen molar-refractivity contribution in [2.75, 3.05) is 20.6 Å². The van der Waals surface area contributed by atoms with Crippen LogP contribution in [0.25, 0.3) is 0 Å². The number of rotatable bonds is 11. The van der Waals surface area contributed by atoms with E-state index in [1.54, 1.807) is 0 Å². The lowest BCUT2D eigenvalue weighted by molar-refractivity contribution is 0.382. The lowest BCUT2D eigenvalue weighted by atomic mass is 10.4. The minimum absolute atomic E-state index is 0. The normalized spacial score (nSPS) is 14.5. The average Bonchev–Trinajstić information content (AvgIpc) is 2.23. The zero-order valence-corrected chi connectivity index (χ0v) is 18.2. The summed E-state index contributed by atoms with van der Waals surface area (Å²) in [6.45, 7) is 14.8. The van der Waals surface area contributed by atoms with Crippen LogP contribution in [0.1, 0.15) is 41.0 Å². The van der Waals surface area contributed by atoms with Gasteiger partial charge in [-0.3, -0.25) is 0 Å². The molecule has 0 spiro atoms. The van der Waals surface area contributed by atoms with Gasteiger partial charge in [-0.25, -0.2) is 0 Å². The Morgan fingerprint density at radius 1 is 0.955 bits per heavy atom. The van der Waals surface area contributed by atoms with Crippen molar-refractivity contribution in [3.05, 3.63) is 0 Å². The summed E-state index contributed by atoms with van der Waals surface area (Å²) >= 11 is 0. The standard InChI is InChI=1S/C14H37NO2Si3.2CH4/c1-9-10-13-20(8,14-11-12-15(2)3)17-19(6,7)16-18(4)5;;/h18H,9-14H2,1-8H3;2*1H4. The fraction of sp³-hybridized carbons (Fsp3) is 1.00. The Morgan fingerprint density at radius 2 is 1.45 bits per heavy atom. The van der Waals surface area contributed by atoms with Gasteiger partial charge in [-0.1, -0.05) is 34.6 Å². The Bertz CT molecular complexity index is 264. The van der Waals surface area contributed by atoms with E-state index in [0.29, 0.717) is 0 Å². The van der Waals surface area contributed by atoms with Crippen LogP contribution in [0, 0.1) is 0 Å². The van der Waals surface area contributed by atoms with Crippen LogP contribution in [0.15, 0.2) is 0 Å². The largest absolute Gasteiger partial charge is 0.440 e. The lowest BCUT2D eigenvalue weighted by Crippen LogP contribution is -2.50. The van der Waals surface area contributed by atoms with E-state index in [4.69, 9.17) is 8.23 Å². The first-order chi connectivity index (χ1) is 9.10. The summed E-state index contributed by atoms with van der Waals surface area (Å²) in [5, 5.41) is 0. The van der Waals surface area contributed by atoms with E-state index in [0.717, 1.165) is 0 Å². The first kappa shape index (κ1) is 27.4. The molecule has 0 aliphatic carbocycles. The third-order valence-corrected chi connectivity index (χ3v) is 14.3. The van der Waals surface area contributed by atoms with Crippen LogP contribution < -0.4 is 0 Å². The Hall–Kier alpha value is 0.531. The van der Waals surface area contributed by atoms with Gasteiger partial charge < -0.3 is 13.1 Å². The van der Waals surface area contributed by atoms with Crippen LogP contribution in [-0.2, 0) is 8.23 Å². The predicted octanol–water partition coefficient (Wildman–Crippen LogP) is 5.30. The number of hydrogen-bond acceptors (Lipinski definition) is 3. The number of nitrogens with zero attached hydrogens (tertiary/aromatic N) is 1. The number of hydrogen-bond donors (Lipinski definition) is 0. The quantitative estimate of drug-likeness (QED) is 0.462. The second kappa shape index (κ2) is 12.9. The second-order valence-corrected chi connectivity index (χ2v) is 17.7. The zero-order chi connectivity index (χ0) is 15.8. The summed E-state index contributed by atoms with van der Waals surface area (Å²) in [5.41, 5.74) is 0. The van der Waals surface area contributed by atoms with Crippen molar-refractivity contribution in [2.45, 2.75) is 85.9 Å². The molecular weight excluding hydrogens is 322 g/mol. The molecule has 0 rings (SSSR count). The predicted molar refractivity (Wildman–Crippen MR) is 111 cm³/mol. The highest BCUT2D eigenvalue weighted by molar-refractivity contribution is 6.85. The molecule has 0 aromatic carbocycles. The van der Waals surface area contributed by atoms with Crippen molar-refractivity contribution in [3.8, 4) is 0 Å². The first-order valence-electron chi connectivity index (χ1n) is 8.13. The lowest BCUT2D eigenvalue weighted by Gasteiger charge is -2.37. The van der Waals surface area contributed by atoms with E-state index in [9.17, 15) is 0 Å². The summed E-state index contributed by atoms with van der Waals surface area (Å²) in [7, 11) is -0.230. The molecule has 0 bridgehead atoms. The van der Waals surface area contributed by atoms with E-state index in [-0.39, 0.29) is 14.9 Å². The summed E-state index contributed by atoms with van der Waals surface area (Å²) in [5.74, 6) is 0. The molecule has 0 radical (unpaired) electrons. The van der Waals surface area contributed by atoms with Gasteiger partial charge in [-0.15, -0.1) is 0 Å². The van der Waals surface area contributed by atoms with Gasteiger partial charge >= 0.3 is 8.56 Å². The molecule has 0 saturated heterocycles. The van der Waals surface area contributed by atoms with Crippen molar-refractivity contribution in [1.29, 1.82) is 0 Å². The maximum atomic E-state index is 6.69. The van der Waals surface area contributed by atoms with Gasteiger partial charge in [0.15, 0.2) is 17.4 Å². The molecule has 0 amide bonds. The van der Waals surface area contributed by atoms with Crippen LogP contribution in [0.4, 0.5) is 0 Å². The van der Waals surface area contributed by atoms with Gasteiger partial charge in [0.05, 0.1) is 0 Å². The maximum absolute atomic E-state index is 6.69. The second-order valence-electron chi connectivity index (χ2n) is 7.13. The Balaban J connectivity index is -0.00000180. The highest BCUT2D eigenvalue weighted by Gasteiger charge is 2.37. The fourth-order valence-electron chi connectivity index (χ4n) is 2.73. The van der Waals surface area contributed by atoms with Crippen LogP contribution in [0.2, 0.25) is 44.8 Å². The molecule has 0 aromatic heterocycles. The zero-order valence-electron chi connectivity index (χ0n) is 15.1. The van der Waals surface area contributed by atoms with E-state index >= 15 is 0 Å². The minimum Gasteiger partial charge on any atom is -0.440 e. The van der Waals surface area contributed by atoms with Crippen LogP contribution in [0.3, 0.4) is 0 Å². The molecule has 0 N–H and O–H groups in total. The summed E-state index contributed by atoms with van der Waals surface area (Å²) in [4.78, 5) is 2.27. The monoisotopic (exact) mass is 367 g/mol.